The number of hydrogen-bond acceptors (Lipinski definition) is 4. The van der Waals surface area contributed by atoms with Gasteiger partial charge in [-0.25, -0.2) is 4.39 Å². The molecule has 5 nitrogen and oxygen atoms in total. The van der Waals surface area contributed by atoms with Crippen LogP contribution in [0, 0.1) is 5.82 Å². The lowest BCUT2D eigenvalue weighted by Gasteiger charge is -2.28. The number of hydrogen-bond donors (Lipinski definition) is 1. The number of amides is 2. The van der Waals surface area contributed by atoms with Gasteiger partial charge in [-0.05, 0) is 43.7 Å². The van der Waals surface area contributed by atoms with E-state index in [0.717, 1.165) is 5.56 Å². The number of carbonyl (C=O) groups excluding carboxylic acids is 2. The summed E-state index contributed by atoms with van der Waals surface area (Å²) in [4.78, 5) is 26.9. The van der Waals surface area contributed by atoms with Crippen molar-refractivity contribution in [1.29, 1.82) is 0 Å². The molecule has 0 fully saturated rings. The SMILES string of the molecule is CCNC(=O)[C@H](C)N(Cc1ccc(OC)cc1)C(=O)CSCc1c(F)cccc1Cl. The van der Waals surface area contributed by atoms with E-state index in [2.05, 4.69) is 5.32 Å². The van der Waals surface area contributed by atoms with Crippen LogP contribution in [-0.4, -0.2) is 42.2 Å². The van der Waals surface area contributed by atoms with Crippen molar-refractivity contribution in [3.8, 4) is 5.75 Å². The zero-order valence-electron chi connectivity index (χ0n) is 17.3. The van der Waals surface area contributed by atoms with Gasteiger partial charge >= 0.3 is 0 Å². The molecule has 0 saturated heterocycles. The van der Waals surface area contributed by atoms with Crippen molar-refractivity contribution in [3.05, 3.63) is 64.4 Å². The fourth-order valence-electron chi connectivity index (χ4n) is 2.83. The molecule has 2 aromatic carbocycles. The van der Waals surface area contributed by atoms with E-state index in [1.165, 1.54) is 22.7 Å². The Morgan fingerprint density at radius 1 is 1.23 bits per heavy atom. The second-order valence-electron chi connectivity index (χ2n) is 6.63. The van der Waals surface area contributed by atoms with Gasteiger partial charge < -0.3 is 15.0 Å². The van der Waals surface area contributed by atoms with Crippen LogP contribution in [0.2, 0.25) is 5.02 Å². The second kappa shape index (κ2) is 11.8. The van der Waals surface area contributed by atoms with Crippen molar-refractivity contribution in [2.24, 2.45) is 0 Å². The number of halogens is 2. The number of ether oxygens (including phenoxy) is 1. The Hall–Kier alpha value is -2.25. The second-order valence-corrected chi connectivity index (χ2v) is 8.03. The van der Waals surface area contributed by atoms with Gasteiger partial charge in [-0.1, -0.05) is 29.8 Å². The zero-order valence-corrected chi connectivity index (χ0v) is 18.9. The summed E-state index contributed by atoms with van der Waals surface area (Å²) in [6.07, 6.45) is 0. The smallest absolute Gasteiger partial charge is 0.242 e. The molecule has 0 aliphatic rings. The molecule has 0 heterocycles. The molecule has 0 radical (unpaired) electrons. The van der Waals surface area contributed by atoms with Gasteiger partial charge in [0.2, 0.25) is 11.8 Å². The van der Waals surface area contributed by atoms with Crippen LogP contribution in [0.3, 0.4) is 0 Å². The number of nitrogens with zero attached hydrogens (tertiary/aromatic N) is 1. The fourth-order valence-corrected chi connectivity index (χ4v) is 4.07. The van der Waals surface area contributed by atoms with Gasteiger partial charge in [-0.3, -0.25) is 9.59 Å². The third kappa shape index (κ3) is 6.64. The number of benzene rings is 2. The minimum atomic E-state index is -0.641. The Morgan fingerprint density at radius 2 is 1.93 bits per heavy atom. The molecular weight excluding hydrogens is 427 g/mol. The van der Waals surface area contributed by atoms with Crippen LogP contribution in [0.1, 0.15) is 25.0 Å². The molecule has 2 amide bonds. The first-order chi connectivity index (χ1) is 14.4. The first-order valence-corrected chi connectivity index (χ1v) is 11.1. The summed E-state index contributed by atoms with van der Waals surface area (Å²) >= 11 is 7.32. The summed E-state index contributed by atoms with van der Waals surface area (Å²) in [6, 6.07) is 11.2. The number of rotatable bonds is 10. The quantitative estimate of drug-likeness (QED) is 0.584. The van der Waals surface area contributed by atoms with Crippen LogP contribution >= 0.6 is 23.4 Å². The van der Waals surface area contributed by atoms with Gasteiger partial charge in [0.1, 0.15) is 17.6 Å². The molecule has 0 aliphatic heterocycles. The molecule has 1 N–H and O–H groups in total. The number of methoxy groups -OCH3 is 1. The van der Waals surface area contributed by atoms with Gasteiger partial charge in [0, 0.05) is 29.4 Å². The number of nitrogens with one attached hydrogen (secondary N) is 1. The summed E-state index contributed by atoms with van der Waals surface area (Å²) in [7, 11) is 1.58. The average molecular weight is 453 g/mol. The monoisotopic (exact) mass is 452 g/mol. The summed E-state index contributed by atoms with van der Waals surface area (Å²) in [5.41, 5.74) is 1.25. The van der Waals surface area contributed by atoms with Gasteiger partial charge in [-0.2, -0.15) is 0 Å². The molecule has 0 aliphatic carbocycles. The van der Waals surface area contributed by atoms with E-state index >= 15 is 0 Å². The topological polar surface area (TPSA) is 58.6 Å². The summed E-state index contributed by atoms with van der Waals surface area (Å²) in [6.45, 7) is 4.29. The third-order valence-electron chi connectivity index (χ3n) is 4.56. The van der Waals surface area contributed by atoms with Crippen molar-refractivity contribution in [1.82, 2.24) is 10.2 Å². The largest absolute Gasteiger partial charge is 0.497 e. The van der Waals surface area contributed by atoms with E-state index in [1.807, 2.05) is 31.2 Å². The molecule has 30 heavy (non-hydrogen) atoms. The minimum Gasteiger partial charge on any atom is -0.497 e. The van der Waals surface area contributed by atoms with Gasteiger partial charge in [0.25, 0.3) is 0 Å². The van der Waals surface area contributed by atoms with Gasteiger partial charge in [0.15, 0.2) is 0 Å². The van der Waals surface area contributed by atoms with Crippen LogP contribution in [0.4, 0.5) is 4.39 Å². The molecule has 0 bridgehead atoms. The number of carbonyl (C=O) groups is 2. The molecule has 2 rings (SSSR count). The van der Waals surface area contributed by atoms with Crippen LogP contribution in [0.25, 0.3) is 0 Å². The van der Waals surface area contributed by atoms with E-state index in [9.17, 15) is 14.0 Å². The summed E-state index contributed by atoms with van der Waals surface area (Å²) in [5.74, 6) is 0.260. The third-order valence-corrected chi connectivity index (χ3v) is 5.86. The summed E-state index contributed by atoms with van der Waals surface area (Å²) < 4.78 is 19.1. The minimum absolute atomic E-state index is 0.102. The van der Waals surface area contributed by atoms with Gasteiger partial charge in [-0.15, -0.1) is 11.8 Å². The van der Waals surface area contributed by atoms with Crippen LogP contribution in [0.5, 0.6) is 5.75 Å². The lowest BCUT2D eigenvalue weighted by atomic mass is 10.1. The molecule has 8 heteroatoms. The Bertz CT molecular complexity index is 844. The normalized spacial score (nSPS) is 11.6. The Morgan fingerprint density at radius 3 is 2.53 bits per heavy atom. The number of likely N-dealkylation sites (N-methyl/N-ethyl adjacent to an activating group) is 1. The molecule has 2 aromatic rings. The predicted octanol–water partition coefficient (Wildman–Crippen LogP) is 4.27. The molecule has 1 atom stereocenters. The first kappa shape index (κ1) is 24.0. The fraction of sp³-hybridized carbons (Fsp3) is 0.364. The van der Waals surface area contributed by atoms with Crippen molar-refractivity contribution < 1.29 is 18.7 Å². The highest BCUT2D eigenvalue weighted by Gasteiger charge is 2.25. The van der Waals surface area contributed by atoms with Crippen molar-refractivity contribution in [2.45, 2.75) is 32.2 Å². The molecule has 162 valence electrons. The highest BCUT2D eigenvalue weighted by atomic mass is 35.5. The number of thioether (sulfide) groups is 1. The molecular formula is C22H26ClFN2O3S. The maximum absolute atomic E-state index is 13.9. The lowest BCUT2D eigenvalue weighted by molar-refractivity contribution is -0.138. The average Bonchev–Trinajstić information content (AvgIpc) is 2.74. The molecule has 0 aromatic heterocycles. The molecule has 0 unspecified atom stereocenters. The van der Waals surface area contributed by atoms with E-state index in [4.69, 9.17) is 16.3 Å². The van der Waals surface area contributed by atoms with Crippen molar-refractivity contribution in [3.63, 3.8) is 0 Å². The van der Waals surface area contributed by atoms with Gasteiger partial charge in [0.05, 0.1) is 12.9 Å². The highest BCUT2D eigenvalue weighted by molar-refractivity contribution is 7.99. The maximum Gasteiger partial charge on any atom is 0.242 e. The molecule has 0 spiro atoms. The van der Waals surface area contributed by atoms with Crippen LogP contribution < -0.4 is 10.1 Å². The standard InChI is InChI=1S/C22H26ClFN2O3S/c1-4-25-22(28)15(2)26(12-16-8-10-17(29-3)11-9-16)21(27)14-30-13-18-19(23)6-5-7-20(18)24/h5-11,15H,4,12-14H2,1-3H3,(H,25,28)/t15-/m0/s1. The summed E-state index contributed by atoms with van der Waals surface area (Å²) in [5, 5.41) is 3.09. The van der Waals surface area contributed by atoms with Crippen molar-refractivity contribution >= 4 is 35.2 Å². The Labute approximate surface area is 185 Å². The predicted molar refractivity (Wildman–Crippen MR) is 119 cm³/mol. The van der Waals surface area contributed by atoms with Crippen LogP contribution in [-0.2, 0) is 21.9 Å². The van der Waals surface area contributed by atoms with E-state index in [1.54, 1.807) is 26.2 Å². The Balaban J connectivity index is 2.09. The maximum atomic E-state index is 13.9. The van der Waals surface area contributed by atoms with E-state index in [0.29, 0.717) is 22.9 Å². The van der Waals surface area contributed by atoms with E-state index < -0.39 is 11.9 Å². The molecule has 0 saturated carbocycles. The van der Waals surface area contributed by atoms with E-state index in [-0.39, 0.29) is 29.9 Å². The van der Waals surface area contributed by atoms with Crippen LogP contribution in [0.15, 0.2) is 42.5 Å². The zero-order chi connectivity index (χ0) is 22.1. The lowest BCUT2D eigenvalue weighted by Crippen LogP contribution is -2.48. The van der Waals surface area contributed by atoms with Crippen molar-refractivity contribution in [2.75, 3.05) is 19.4 Å². The Kier molecular flexibility index (Phi) is 9.46. The highest BCUT2D eigenvalue weighted by Crippen LogP contribution is 2.24. The first-order valence-electron chi connectivity index (χ1n) is 9.58.